The van der Waals surface area contributed by atoms with Gasteiger partial charge in [-0.3, -0.25) is 0 Å². The molecule has 1 atom stereocenters. The molecule has 1 N–H and O–H groups in total. The van der Waals surface area contributed by atoms with Gasteiger partial charge >= 0.3 is 12.1 Å². The molecule has 1 fully saturated rings. The van der Waals surface area contributed by atoms with E-state index < -0.39 is 24.8 Å². The molecule has 1 rings (SSSR count). The minimum absolute atomic E-state index is 0.0341. The van der Waals surface area contributed by atoms with E-state index in [1.807, 2.05) is 0 Å². The van der Waals surface area contributed by atoms with E-state index in [0.29, 0.717) is 6.04 Å². The van der Waals surface area contributed by atoms with Crippen LogP contribution in [-0.2, 0) is 9.47 Å². The fraction of sp³-hybridized carbons (Fsp3) is 1.00. The predicted octanol–water partition coefficient (Wildman–Crippen LogP) is 1.97. The van der Waals surface area contributed by atoms with Crippen LogP contribution >= 0.6 is 0 Å². The third kappa shape index (κ3) is 5.03. The van der Waals surface area contributed by atoms with Gasteiger partial charge in [-0.2, -0.15) is 22.0 Å². The minimum Gasteiger partial charge on any atom is -0.382 e. The smallest absolute Gasteiger partial charge is 0.382 e. The highest BCUT2D eigenvalue weighted by Crippen LogP contribution is 2.35. The van der Waals surface area contributed by atoms with Gasteiger partial charge in [0.1, 0.15) is 6.61 Å². The van der Waals surface area contributed by atoms with Crippen LogP contribution in [0.1, 0.15) is 12.8 Å². The molecule has 8 heteroatoms. The minimum atomic E-state index is -5.59. The van der Waals surface area contributed by atoms with Crippen LogP contribution in [0.15, 0.2) is 0 Å². The normalized spacial score (nSPS) is 19.0. The molecule has 0 radical (unpaired) electrons. The summed E-state index contributed by atoms with van der Waals surface area (Å²) in [5.41, 5.74) is 0. The maximum atomic E-state index is 12.6. The van der Waals surface area contributed by atoms with Gasteiger partial charge in [0.05, 0.1) is 12.7 Å². The predicted molar refractivity (Wildman–Crippen MR) is 53.6 cm³/mol. The molecule has 1 aliphatic rings. The van der Waals surface area contributed by atoms with Crippen LogP contribution in [0.4, 0.5) is 22.0 Å². The van der Waals surface area contributed by atoms with Gasteiger partial charge in [-0.25, -0.2) is 0 Å². The molecule has 0 spiro atoms. The van der Waals surface area contributed by atoms with Crippen molar-refractivity contribution in [1.82, 2.24) is 5.32 Å². The largest absolute Gasteiger partial charge is 0.455 e. The molecule has 108 valence electrons. The van der Waals surface area contributed by atoms with E-state index in [1.165, 1.54) is 7.11 Å². The summed E-state index contributed by atoms with van der Waals surface area (Å²) in [5.74, 6) is -4.83. The fourth-order valence-electron chi connectivity index (χ4n) is 1.24. The van der Waals surface area contributed by atoms with Gasteiger partial charge < -0.3 is 14.8 Å². The molecule has 1 aliphatic carbocycles. The lowest BCUT2D eigenvalue weighted by molar-refractivity contribution is -0.300. The molecule has 0 amide bonds. The van der Waals surface area contributed by atoms with E-state index >= 15 is 0 Å². The topological polar surface area (TPSA) is 30.5 Å². The van der Waals surface area contributed by atoms with E-state index in [4.69, 9.17) is 4.74 Å². The second kappa shape index (κ2) is 6.12. The van der Waals surface area contributed by atoms with Crippen molar-refractivity contribution >= 4 is 0 Å². The van der Waals surface area contributed by atoms with Crippen molar-refractivity contribution in [3.63, 3.8) is 0 Å². The van der Waals surface area contributed by atoms with E-state index in [-0.39, 0.29) is 13.2 Å². The van der Waals surface area contributed by atoms with Gasteiger partial charge in [-0.05, 0) is 12.8 Å². The Morgan fingerprint density at radius 3 is 2.28 bits per heavy atom. The maximum absolute atomic E-state index is 12.6. The van der Waals surface area contributed by atoms with Crippen molar-refractivity contribution in [2.45, 2.75) is 37.1 Å². The Hall–Kier alpha value is -0.470. The highest BCUT2D eigenvalue weighted by Gasteiger charge is 2.57. The van der Waals surface area contributed by atoms with Crippen LogP contribution in [0.3, 0.4) is 0 Å². The van der Waals surface area contributed by atoms with Gasteiger partial charge in [0.25, 0.3) is 0 Å². The second-order valence-electron chi connectivity index (χ2n) is 4.27. The van der Waals surface area contributed by atoms with Crippen LogP contribution in [0.2, 0.25) is 0 Å². The van der Waals surface area contributed by atoms with E-state index in [2.05, 4.69) is 10.1 Å². The van der Waals surface area contributed by atoms with Crippen LogP contribution in [-0.4, -0.2) is 51.1 Å². The van der Waals surface area contributed by atoms with Crippen molar-refractivity contribution in [2.75, 3.05) is 26.9 Å². The zero-order chi connectivity index (χ0) is 13.8. The van der Waals surface area contributed by atoms with Crippen LogP contribution in [0, 0.1) is 0 Å². The lowest BCUT2D eigenvalue weighted by Gasteiger charge is -2.23. The molecular weight excluding hydrogens is 261 g/mol. The average Bonchev–Trinajstić information content (AvgIpc) is 3.04. The fourth-order valence-corrected chi connectivity index (χ4v) is 1.24. The van der Waals surface area contributed by atoms with Crippen LogP contribution in [0.25, 0.3) is 0 Å². The lowest BCUT2D eigenvalue weighted by Crippen LogP contribution is -2.44. The molecule has 1 unspecified atom stereocenters. The van der Waals surface area contributed by atoms with Gasteiger partial charge in [0.2, 0.25) is 0 Å². The highest BCUT2D eigenvalue weighted by atomic mass is 19.4. The molecule has 0 heterocycles. The summed E-state index contributed by atoms with van der Waals surface area (Å²) in [6, 6.07) is 0.316. The van der Waals surface area contributed by atoms with E-state index in [1.54, 1.807) is 0 Å². The number of nitrogens with one attached hydrogen (secondary N) is 1. The van der Waals surface area contributed by atoms with Crippen LogP contribution in [0.5, 0.6) is 0 Å². The Labute approximate surface area is 102 Å². The van der Waals surface area contributed by atoms with Gasteiger partial charge in [-0.15, -0.1) is 0 Å². The first-order chi connectivity index (χ1) is 8.26. The quantitative estimate of drug-likeness (QED) is 0.688. The zero-order valence-corrected chi connectivity index (χ0v) is 9.90. The van der Waals surface area contributed by atoms with Crippen molar-refractivity contribution < 1.29 is 31.4 Å². The Morgan fingerprint density at radius 1 is 1.22 bits per heavy atom. The van der Waals surface area contributed by atoms with Gasteiger partial charge in [0.15, 0.2) is 0 Å². The zero-order valence-electron chi connectivity index (χ0n) is 9.90. The lowest BCUT2D eigenvalue weighted by atomic mass is 10.3. The van der Waals surface area contributed by atoms with Crippen LogP contribution < -0.4 is 5.32 Å². The first-order valence-electron chi connectivity index (χ1n) is 5.54. The molecule has 3 nitrogen and oxygen atoms in total. The molecule has 0 aliphatic heterocycles. The molecular formula is C10H16F5NO2. The third-order valence-corrected chi connectivity index (χ3v) is 2.48. The third-order valence-electron chi connectivity index (χ3n) is 2.48. The number of ether oxygens (including phenoxy) is 2. The number of alkyl halides is 5. The van der Waals surface area contributed by atoms with E-state index in [9.17, 15) is 22.0 Å². The monoisotopic (exact) mass is 277 g/mol. The first-order valence-corrected chi connectivity index (χ1v) is 5.54. The molecule has 1 saturated carbocycles. The summed E-state index contributed by atoms with van der Waals surface area (Å²) in [6.45, 7) is -1.52. The summed E-state index contributed by atoms with van der Waals surface area (Å²) in [5, 5.41) is 2.99. The first kappa shape index (κ1) is 15.6. The Balaban J connectivity index is 2.35. The SMILES string of the molecule is COCC(CNC1CC1)OCC(F)(F)C(F)(F)F. The molecule has 0 bridgehead atoms. The molecule has 0 aromatic rings. The Kier molecular flexibility index (Phi) is 5.30. The molecule has 0 aromatic heterocycles. The van der Waals surface area contributed by atoms with Crippen molar-refractivity contribution in [3.05, 3.63) is 0 Å². The van der Waals surface area contributed by atoms with Gasteiger partial charge in [-0.1, -0.05) is 0 Å². The van der Waals surface area contributed by atoms with Crippen molar-refractivity contribution in [1.29, 1.82) is 0 Å². The summed E-state index contributed by atoms with van der Waals surface area (Å²) in [7, 11) is 1.33. The Bertz CT molecular complexity index is 255. The van der Waals surface area contributed by atoms with Crippen molar-refractivity contribution in [3.8, 4) is 0 Å². The number of rotatable bonds is 8. The summed E-state index contributed by atoms with van der Waals surface area (Å²) in [4.78, 5) is 0. The second-order valence-corrected chi connectivity index (χ2v) is 4.27. The number of hydrogen-bond acceptors (Lipinski definition) is 3. The number of halogens is 5. The molecule has 0 aromatic carbocycles. The highest BCUT2D eigenvalue weighted by molar-refractivity contribution is 4.82. The van der Waals surface area contributed by atoms with Crippen molar-refractivity contribution in [2.24, 2.45) is 0 Å². The standard InChI is InChI=1S/C10H16F5NO2/c1-17-5-8(4-16-7-2-3-7)18-6-9(11,12)10(13,14)15/h7-8,16H,2-6H2,1H3. The number of methoxy groups -OCH3 is 1. The van der Waals surface area contributed by atoms with Gasteiger partial charge in [0, 0.05) is 19.7 Å². The summed E-state index contributed by atoms with van der Waals surface area (Å²) >= 11 is 0. The summed E-state index contributed by atoms with van der Waals surface area (Å²) < 4.78 is 70.3. The average molecular weight is 277 g/mol. The Morgan fingerprint density at radius 2 is 1.83 bits per heavy atom. The number of hydrogen-bond donors (Lipinski definition) is 1. The van der Waals surface area contributed by atoms with E-state index in [0.717, 1.165) is 12.8 Å². The maximum Gasteiger partial charge on any atom is 0.455 e. The molecule has 18 heavy (non-hydrogen) atoms. The molecule has 0 saturated heterocycles. The summed E-state index contributed by atoms with van der Waals surface area (Å²) in [6.07, 6.45) is -4.44.